The maximum Gasteiger partial charge on any atom is 0.150 e. The molecule has 3 heteroatoms. The van der Waals surface area contributed by atoms with Gasteiger partial charge in [0.25, 0.3) is 0 Å². The highest BCUT2D eigenvalue weighted by Crippen LogP contribution is 2.19. The molecule has 0 radical (unpaired) electrons. The van der Waals surface area contributed by atoms with E-state index in [-0.39, 0.29) is 11.6 Å². The molecule has 2 nitrogen and oxygen atoms in total. The molecule has 3 aromatic carbocycles. The molecule has 0 aliphatic carbocycles. The normalized spacial score (nSPS) is 9.71. The number of rotatable bonds is 4. The summed E-state index contributed by atoms with van der Waals surface area (Å²) in [4.78, 5) is 10.0. The Morgan fingerprint density at radius 2 is 1.46 bits per heavy atom. The maximum atomic E-state index is 13.0. The summed E-state index contributed by atoms with van der Waals surface area (Å²) in [5, 5.41) is 9.55. The smallest absolute Gasteiger partial charge is 0.150 e. The van der Waals surface area contributed by atoms with Gasteiger partial charge in [0, 0.05) is 5.56 Å². The lowest BCUT2D eigenvalue weighted by Gasteiger charge is -2.04. The highest BCUT2D eigenvalue weighted by molar-refractivity contribution is 5.74. The fourth-order valence-corrected chi connectivity index (χ4v) is 2.21. The maximum absolute atomic E-state index is 13.0. The molecule has 0 aromatic heterocycles. The molecule has 0 amide bonds. The van der Waals surface area contributed by atoms with Crippen molar-refractivity contribution in [1.29, 1.82) is 0 Å². The molecule has 3 aromatic rings. The van der Waals surface area contributed by atoms with E-state index in [9.17, 15) is 14.3 Å². The lowest BCUT2D eigenvalue weighted by Crippen LogP contribution is -1.92. The van der Waals surface area contributed by atoms with Crippen LogP contribution in [0.2, 0.25) is 0 Å². The van der Waals surface area contributed by atoms with E-state index in [1.54, 1.807) is 12.1 Å². The summed E-state index contributed by atoms with van der Waals surface area (Å²) in [6.07, 6.45) is 2.28. The van der Waals surface area contributed by atoms with Crippen LogP contribution in [0.5, 0.6) is 5.75 Å². The third-order valence-electron chi connectivity index (χ3n) is 3.50. The van der Waals surface area contributed by atoms with E-state index in [0.29, 0.717) is 12.0 Å². The van der Waals surface area contributed by atoms with Crippen molar-refractivity contribution in [2.75, 3.05) is 0 Å². The molecule has 0 spiro atoms. The summed E-state index contributed by atoms with van der Waals surface area (Å²) in [5.41, 5.74) is 2.57. The molecule has 0 aliphatic rings. The van der Waals surface area contributed by atoms with Gasteiger partial charge in [-0.1, -0.05) is 60.7 Å². The monoisotopic (exact) mass is 322 g/mol. The van der Waals surface area contributed by atoms with Crippen LogP contribution in [0.15, 0.2) is 78.9 Å². The number of aldehydes is 1. The number of carbonyl (C=O) groups excluding carboxylic acids is 1. The van der Waals surface area contributed by atoms with Crippen molar-refractivity contribution >= 4 is 6.29 Å². The fraction of sp³-hybridized carbons (Fsp3) is 0.0952. The highest BCUT2D eigenvalue weighted by atomic mass is 19.1. The van der Waals surface area contributed by atoms with Crippen molar-refractivity contribution in [3.63, 3.8) is 0 Å². The van der Waals surface area contributed by atoms with Crippen molar-refractivity contribution in [3.05, 3.63) is 101 Å². The number of halogens is 1. The Kier molecular flexibility index (Phi) is 6.72. The number of benzene rings is 3. The van der Waals surface area contributed by atoms with Crippen molar-refractivity contribution in [1.82, 2.24) is 0 Å². The Morgan fingerprint density at radius 3 is 2.04 bits per heavy atom. The van der Waals surface area contributed by atoms with Crippen LogP contribution >= 0.6 is 0 Å². The predicted octanol–water partition coefficient (Wildman–Crippen LogP) is 4.82. The number of hydrogen-bond donors (Lipinski definition) is 1. The van der Waals surface area contributed by atoms with Gasteiger partial charge in [0.05, 0.1) is 0 Å². The second kappa shape index (κ2) is 9.26. The van der Waals surface area contributed by atoms with Gasteiger partial charge in [-0.2, -0.15) is 0 Å². The van der Waals surface area contributed by atoms with E-state index in [1.165, 1.54) is 23.8 Å². The summed E-state index contributed by atoms with van der Waals surface area (Å²) in [7, 11) is 0. The second-order valence-electron chi connectivity index (χ2n) is 5.29. The molecular weight excluding hydrogens is 303 g/mol. The zero-order valence-electron chi connectivity index (χ0n) is 13.2. The topological polar surface area (TPSA) is 37.3 Å². The summed E-state index contributed by atoms with van der Waals surface area (Å²) in [5.74, 6) is -0.141. The van der Waals surface area contributed by atoms with Crippen LogP contribution < -0.4 is 0 Å². The van der Waals surface area contributed by atoms with E-state index >= 15 is 0 Å². The first-order chi connectivity index (χ1) is 11.7. The SMILES string of the molecule is O=Cc1ccccc1.Oc1ccc(F)cc1CCc1ccccc1. The number of phenols is 1. The standard InChI is InChI=1S/C14H13FO.C7H6O/c15-13-8-9-14(16)12(10-13)7-6-11-4-2-1-3-5-11;8-6-7-4-2-1-3-5-7/h1-5,8-10,16H,6-7H2;1-6H. The number of phenolic OH excluding ortho intramolecular Hbond substituents is 1. The first-order valence-corrected chi connectivity index (χ1v) is 7.70. The highest BCUT2D eigenvalue weighted by Gasteiger charge is 2.03. The van der Waals surface area contributed by atoms with Crippen LogP contribution in [0, 0.1) is 5.82 Å². The Balaban J connectivity index is 0.000000219. The Morgan fingerprint density at radius 1 is 0.833 bits per heavy atom. The molecule has 122 valence electrons. The molecule has 0 atom stereocenters. The third kappa shape index (κ3) is 5.69. The van der Waals surface area contributed by atoms with Crippen molar-refractivity contribution in [3.8, 4) is 5.75 Å². The molecule has 1 N–H and O–H groups in total. The molecule has 0 aliphatic heterocycles. The Hall–Kier alpha value is -2.94. The first kappa shape index (κ1) is 17.4. The average molecular weight is 322 g/mol. The molecule has 3 rings (SSSR count). The Bertz CT molecular complexity index is 755. The molecular formula is C21H19FO2. The molecule has 0 fully saturated rings. The predicted molar refractivity (Wildman–Crippen MR) is 93.7 cm³/mol. The van der Waals surface area contributed by atoms with Gasteiger partial charge >= 0.3 is 0 Å². The molecule has 0 heterocycles. The number of hydrogen-bond acceptors (Lipinski definition) is 2. The van der Waals surface area contributed by atoms with Crippen LogP contribution in [0.25, 0.3) is 0 Å². The van der Waals surface area contributed by atoms with Gasteiger partial charge in [0.1, 0.15) is 17.9 Å². The quantitative estimate of drug-likeness (QED) is 0.700. The summed E-state index contributed by atoms with van der Waals surface area (Å²) in [6.45, 7) is 0. The minimum Gasteiger partial charge on any atom is -0.508 e. The molecule has 24 heavy (non-hydrogen) atoms. The van der Waals surface area contributed by atoms with Crippen LogP contribution in [-0.2, 0) is 12.8 Å². The minimum atomic E-state index is -0.305. The lowest BCUT2D eigenvalue weighted by atomic mass is 10.0. The van der Waals surface area contributed by atoms with Crippen LogP contribution in [0.3, 0.4) is 0 Å². The summed E-state index contributed by atoms with van der Waals surface area (Å²) < 4.78 is 13.0. The number of aryl methyl sites for hydroxylation is 2. The fourth-order valence-electron chi connectivity index (χ4n) is 2.21. The van der Waals surface area contributed by atoms with Gasteiger partial charge in [-0.25, -0.2) is 4.39 Å². The van der Waals surface area contributed by atoms with Crippen LogP contribution in [0.1, 0.15) is 21.5 Å². The summed E-state index contributed by atoms with van der Waals surface area (Å²) in [6, 6.07) is 23.1. The van der Waals surface area contributed by atoms with E-state index in [1.807, 2.05) is 48.5 Å². The van der Waals surface area contributed by atoms with Gasteiger partial charge in [0.2, 0.25) is 0 Å². The van der Waals surface area contributed by atoms with Gasteiger partial charge < -0.3 is 5.11 Å². The van der Waals surface area contributed by atoms with E-state index in [2.05, 4.69) is 0 Å². The van der Waals surface area contributed by atoms with Crippen LogP contribution in [-0.4, -0.2) is 11.4 Å². The average Bonchev–Trinajstić information content (AvgIpc) is 2.64. The van der Waals surface area contributed by atoms with Gasteiger partial charge in [-0.3, -0.25) is 4.79 Å². The summed E-state index contributed by atoms with van der Waals surface area (Å²) >= 11 is 0. The zero-order chi connectivity index (χ0) is 17.2. The van der Waals surface area contributed by atoms with E-state index in [0.717, 1.165) is 18.3 Å². The van der Waals surface area contributed by atoms with Crippen molar-refractivity contribution < 1.29 is 14.3 Å². The molecule has 0 unspecified atom stereocenters. The second-order valence-corrected chi connectivity index (χ2v) is 5.29. The van der Waals surface area contributed by atoms with E-state index < -0.39 is 0 Å². The molecule has 0 saturated carbocycles. The van der Waals surface area contributed by atoms with Crippen molar-refractivity contribution in [2.45, 2.75) is 12.8 Å². The molecule has 0 saturated heterocycles. The Labute approximate surface area is 141 Å². The van der Waals surface area contributed by atoms with Gasteiger partial charge in [-0.05, 0) is 42.2 Å². The zero-order valence-corrected chi connectivity index (χ0v) is 13.2. The van der Waals surface area contributed by atoms with E-state index in [4.69, 9.17) is 0 Å². The van der Waals surface area contributed by atoms with Gasteiger partial charge in [0.15, 0.2) is 0 Å². The largest absolute Gasteiger partial charge is 0.508 e. The lowest BCUT2D eigenvalue weighted by molar-refractivity contribution is 0.112. The molecule has 0 bridgehead atoms. The van der Waals surface area contributed by atoms with Gasteiger partial charge in [-0.15, -0.1) is 0 Å². The minimum absolute atomic E-state index is 0.164. The first-order valence-electron chi connectivity index (χ1n) is 7.70. The van der Waals surface area contributed by atoms with Crippen LogP contribution in [0.4, 0.5) is 4.39 Å². The third-order valence-corrected chi connectivity index (χ3v) is 3.50. The number of aromatic hydroxyl groups is 1. The van der Waals surface area contributed by atoms with Crippen molar-refractivity contribution in [2.24, 2.45) is 0 Å². The number of carbonyl (C=O) groups is 1.